The highest BCUT2D eigenvalue weighted by atomic mass is 35.5. The highest BCUT2D eigenvalue weighted by molar-refractivity contribution is 6.31. The Bertz CT molecular complexity index is 971. The minimum Gasteiger partial charge on any atom is -0.342 e. The summed E-state index contributed by atoms with van der Waals surface area (Å²) in [6, 6.07) is 7.79. The molecule has 1 aromatic carbocycles. The molecular weight excluding hydrogens is 383 g/mol. The van der Waals surface area contributed by atoms with E-state index >= 15 is 0 Å². The van der Waals surface area contributed by atoms with Gasteiger partial charge in [0.2, 0.25) is 5.91 Å². The number of carbonyl (C=O) groups is 1. The molecule has 0 bridgehead atoms. The van der Waals surface area contributed by atoms with Crippen molar-refractivity contribution in [2.24, 2.45) is 0 Å². The Morgan fingerprint density at radius 3 is 2.82 bits per heavy atom. The SMILES string of the molecule is O=C(Cc1ccc(F)cc1Cl)N1CCC(c2noc(-c3cccnc3)n2)CC1. The number of likely N-dealkylation sites (tertiary alicyclic amines) is 1. The summed E-state index contributed by atoms with van der Waals surface area (Å²) in [6.07, 6.45) is 5.05. The molecule has 8 heteroatoms. The summed E-state index contributed by atoms with van der Waals surface area (Å²) in [4.78, 5) is 22.9. The molecule has 0 aliphatic carbocycles. The molecule has 0 spiro atoms. The van der Waals surface area contributed by atoms with E-state index in [-0.39, 0.29) is 23.3 Å². The van der Waals surface area contributed by atoms with Crippen molar-refractivity contribution in [1.29, 1.82) is 0 Å². The van der Waals surface area contributed by atoms with E-state index in [0.717, 1.165) is 18.4 Å². The summed E-state index contributed by atoms with van der Waals surface area (Å²) < 4.78 is 18.5. The third kappa shape index (κ3) is 4.04. The van der Waals surface area contributed by atoms with Crippen LogP contribution in [0.3, 0.4) is 0 Å². The molecule has 3 heterocycles. The predicted molar refractivity (Wildman–Crippen MR) is 101 cm³/mol. The molecule has 0 radical (unpaired) electrons. The van der Waals surface area contributed by atoms with E-state index in [0.29, 0.717) is 30.4 Å². The average Bonchev–Trinajstić information content (AvgIpc) is 3.21. The first kappa shape index (κ1) is 18.6. The Hall–Kier alpha value is -2.80. The van der Waals surface area contributed by atoms with Gasteiger partial charge in [-0.1, -0.05) is 22.8 Å². The number of hydrogen-bond donors (Lipinski definition) is 0. The van der Waals surface area contributed by atoms with Crippen molar-refractivity contribution in [3.8, 4) is 11.5 Å². The van der Waals surface area contributed by atoms with E-state index in [1.54, 1.807) is 23.4 Å². The third-order valence-electron chi connectivity index (χ3n) is 4.92. The van der Waals surface area contributed by atoms with Crippen LogP contribution in [0.2, 0.25) is 5.02 Å². The lowest BCUT2D eigenvalue weighted by atomic mass is 9.95. The number of hydrogen-bond acceptors (Lipinski definition) is 5. The van der Waals surface area contributed by atoms with Crippen molar-refractivity contribution in [3.05, 3.63) is 65.0 Å². The molecule has 144 valence electrons. The summed E-state index contributed by atoms with van der Waals surface area (Å²) in [5, 5.41) is 4.38. The summed E-state index contributed by atoms with van der Waals surface area (Å²) in [7, 11) is 0. The Balaban J connectivity index is 1.35. The maximum Gasteiger partial charge on any atom is 0.259 e. The van der Waals surface area contributed by atoms with Crippen molar-refractivity contribution in [2.45, 2.75) is 25.2 Å². The van der Waals surface area contributed by atoms with Gasteiger partial charge in [0.15, 0.2) is 5.82 Å². The smallest absolute Gasteiger partial charge is 0.259 e. The second-order valence-electron chi connectivity index (χ2n) is 6.77. The van der Waals surface area contributed by atoms with E-state index < -0.39 is 5.82 Å². The molecule has 0 saturated carbocycles. The van der Waals surface area contributed by atoms with E-state index in [1.165, 1.54) is 12.1 Å². The molecule has 0 atom stereocenters. The molecule has 2 aromatic heterocycles. The van der Waals surface area contributed by atoms with Gasteiger partial charge >= 0.3 is 0 Å². The lowest BCUT2D eigenvalue weighted by molar-refractivity contribution is -0.131. The third-order valence-corrected chi connectivity index (χ3v) is 5.27. The minimum absolute atomic E-state index is 0.0175. The standard InChI is InChI=1S/C20H18ClFN4O2/c21-17-11-16(22)4-3-14(17)10-18(27)26-8-5-13(6-9-26)19-24-20(28-25-19)15-2-1-7-23-12-15/h1-4,7,11-13H,5-6,8-10H2. The Morgan fingerprint density at radius 2 is 2.11 bits per heavy atom. The monoisotopic (exact) mass is 400 g/mol. The number of rotatable bonds is 4. The average molecular weight is 401 g/mol. The van der Waals surface area contributed by atoms with Crippen molar-refractivity contribution in [3.63, 3.8) is 0 Å². The van der Waals surface area contributed by atoms with E-state index in [9.17, 15) is 9.18 Å². The van der Waals surface area contributed by atoms with Crippen LogP contribution in [0.1, 0.15) is 30.1 Å². The van der Waals surface area contributed by atoms with E-state index in [2.05, 4.69) is 15.1 Å². The van der Waals surface area contributed by atoms with E-state index in [1.807, 2.05) is 12.1 Å². The first-order chi connectivity index (χ1) is 13.6. The van der Waals surface area contributed by atoms with Crippen molar-refractivity contribution in [2.75, 3.05) is 13.1 Å². The number of benzene rings is 1. The number of carbonyl (C=O) groups excluding carboxylic acids is 1. The number of halogens is 2. The zero-order chi connectivity index (χ0) is 19.5. The topological polar surface area (TPSA) is 72.1 Å². The zero-order valence-electron chi connectivity index (χ0n) is 15.0. The Kier molecular flexibility index (Phi) is 5.34. The molecular formula is C20H18ClFN4O2. The van der Waals surface area contributed by atoms with Crippen molar-refractivity contribution >= 4 is 17.5 Å². The van der Waals surface area contributed by atoms with Gasteiger partial charge in [-0.3, -0.25) is 9.78 Å². The largest absolute Gasteiger partial charge is 0.342 e. The molecule has 1 aliphatic heterocycles. The fraction of sp³-hybridized carbons (Fsp3) is 0.300. The second kappa shape index (κ2) is 8.06. The number of pyridine rings is 1. The van der Waals surface area contributed by atoms with Crippen LogP contribution in [0.4, 0.5) is 4.39 Å². The van der Waals surface area contributed by atoms with Crippen LogP contribution in [0.25, 0.3) is 11.5 Å². The van der Waals surface area contributed by atoms with Gasteiger partial charge < -0.3 is 9.42 Å². The molecule has 0 N–H and O–H groups in total. The minimum atomic E-state index is -0.409. The van der Waals surface area contributed by atoms with Crippen molar-refractivity contribution < 1.29 is 13.7 Å². The molecule has 3 aromatic rings. The zero-order valence-corrected chi connectivity index (χ0v) is 15.8. The number of amides is 1. The second-order valence-corrected chi connectivity index (χ2v) is 7.17. The lowest BCUT2D eigenvalue weighted by Gasteiger charge is -2.30. The van der Waals surface area contributed by atoms with Crippen LogP contribution in [-0.4, -0.2) is 39.0 Å². The highest BCUT2D eigenvalue weighted by Gasteiger charge is 2.27. The van der Waals surface area contributed by atoms with Gasteiger partial charge in [0.1, 0.15) is 5.82 Å². The Morgan fingerprint density at radius 1 is 1.29 bits per heavy atom. The highest BCUT2D eigenvalue weighted by Crippen LogP contribution is 2.28. The molecule has 1 fully saturated rings. The normalized spacial score (nSPS) is 15.0. The van der Waals surface area contributed by atoms with E-state index in [4.69, 9.17) is 16.1 Å². The number of piperidine rings is 1. The first-order valence-electron chi connectivity index (χ1n) is 9.06. The van der Waals surface area contributed by atoms with Crippen LogP contribution in [0.5, 0.6) is 0 Å². The number of aromatic nitrogens is 3. The molecule has 28 heavy (non-hydrogen) atoms. The van der Waals surface area contributed by atoms with Crippen LogP contribution in [-0.2, 0) is 11.2 Å². The van der Waals surface area contributed by atoms with Gasteiger partial charge in [-0.2, -0.15) is 4.98 Å². The molecule has 0 unspecified atom stereocenters. The van der Waals surface area contributed by atoms with Crippen LogP contribution < -0.4 is 0 Å². The maximum absolute atomic E-state index is 13.2. The summed E-state index contributed by atoms with van der Waals surface area (Å²) in [5.41, 5.74) is 1.42. The quantitative estimate of drug-likeness (QED) is 0.664. The lowest BCUT2D eigenvalue weighted by Crippen LogP contribution is -2.39. The molecule has 4 rings (SSSR count). The first-order valence-corrected chi connectivity index (χ1v) is 9.43. The van der Waals surface area contributed by atoms with Gasteiger partial charge in [0.05, 0.1) is 12.0 Å². The van der Waals surface area contributed by atoms with Gasteiger partial charge in [0, 0.05) is 36.4 Å². The van der Waals surface area contributed by atoms with Crippen molar-refractivity contribution in [1.82, 2.24) is 20.0 Å². The fourth-order valence-electron chi connectivity index (χ4n) is 3.33. The van der Waals surface area contributed by atoms with Gasteiger partial charge in [-0.15, -0.1) is 0 Å². The molecule has 1 saturated heterocycles. The Labute approximate surface area is 166 Å². The maximum atomic E-state index is 13.2. The molecule has 6 nitrogen and oxygen atoms in total. The summed E-state index contributed by atoms with van der Waals surface area (Å²) in [5.74, 6) is 0.830. The summed E-state index contributed by atoms with van der Waals surface area (Å²) in [6.45, 7) is 1.22. The van der Waals surface area contributed by atoms with Crippen LogP contribution >= 0.6 is 11.6 Å². The fourth-order valence-corrected chi connectivity index (χ4v) is 3.57. The van der Waals surface area contributed by atoms with Gasteiger partial charge in [0.25, 0.3) is 5.89 Å². The predicted octanol–water partition coefficient (Wildman–Crippen LogP) is 3.87. The van der Waals surface area contributed by atoms with Gasteiger partial charge in [-0.25, -0.2) is 4.39 Å². The molecule has 1 aliphatic rings. The van der Waals surface area contributed by atoms with Crippen LogP contribution in [0.15, 0.2) is 47.2 Å². The van der Waals surface area contributed by atoms with Gasteiger partial charge in [-0.05, 0) is 42.7 Å². The number of nitrogens with zero attached hydrogens (tertiary/aromatic N) is 4. The van der Waals surface area contributed by atoms with Crippen LogP contribution in [0, 0.1) is 5.82 Å². The summed E-state index contributed by atoms with van der Waals surface area (Å²) >= 11 is 6.03. The molecule has 1 amide bonds.